The topological polar surface area (TPSA) is 15.3 Å². The highest BCUT2D eigenvalue weighted by Crippen LogP contribution is 2.35. The van der Waals surface area contributed by atoms with Gasteiger partial charge in [-0.2, -0.15) is 0 Å². The molecular formula is C15H23ClN2. The Morgan fingerprint density at radius 1 is 1.33 bits per heavy atom. The zero-order valence-electron chi connectivity index (χ0n) is 11.5. The van der Waals surface area contributed by atoms with Gasteiger partial charge in [-0.05, 0) is 64.0 Å². The summed E-state index contributed by atoms with van der Waals surface area (Å²) >= 11 is 5.94. The summed E-state index contributed by atoms with van der Waals surface area (Å²) in [5.41, 5.74) is 1.34. The van der Waals surface area contributed by atoms with E-state index in [2.05, 4.69) is 36.3 Å². The standard InChI is InChI=1S/C15H23ClN2/c1-11(12-4-7-14(16)8-5-12)18(3)15-9-6-13(15)10-17-2/h4-5,7-8,11,13,15,17H,6,9-10H2,1-3H3. The molecule has 100 valence electrons. The monoisotopic (exact) mass is 266 g/mol. The average molecular weight is 267 g/mol. The molecule has 1 saturated carbocycles. The van der Waals surface area contributed by atoms with Crippen LogP contribution in [0.1, 0.15) is 31.4 Å². The minimum absolute atomic E-state index is 0.451. The molecule has 3 unspecified atom stereocenters. The van der Waals surface area contributed by atoms with Crippen molar-refractivity contribution in [2.75, 3.05) is 20.6 Å². The molecule has 0 bridgehead atoms. The van der Waals surface area contributed by atoms with Crippen molar-refractivity contribution in [3.05, 3.63) is 34.9 Å². The third kappa shape index (κ3) is 2.87. The second-order valence-corrected chi connectivity index (χ2v) is 5.79. The van der Waals surface area contributed by atoms with Gasteiger partial charge in [0.15, 0.2) is 0 Å². The van der Waals surface area contributed by atoms with Crippen molar-refractivity contribution in [3.63, 3.8) is 0 Å². The first-order valence-electron chi connectivity index (χ1n) is 6.75. The van der Waals surface area contributed by atoms with Crippen molar-refractivity contribution in [3.8, 4) is 0 Å². The van der Waals surface area contributed by atoms with Crippen molar-refractivity contribution < 1.29 is 0 Å². The Kier molecular flexibility index (Phi) is 4.66. The quantitative estimate of drug-likeness (QED) is 0.880. The van der Waals surface area contributed by atoms with Gasteiger partial charge in [0.1, 0.15) is 0 Å². The van der Waals surface area contributed by atoms with Crippen LogP contribution in [0.4, 0.5) is 0 Å². The first-order valence-corrected chi connectivity index (χ1v) is 7.13. The lowest BCUT2D eigenvalue weighted by molar-refractivity contribution is 0.0559. The van der Waals surface area contributed by atoms with Gasteiger partial charge in [0.05, 0.1) is 0 Å². The molecule has 1 aliphatic carbocycles. The molecule has 3 atom stereocenters. The third-order valence-corrected chi connectivity index (χ3v) is 4.58. The molecule has 1 aromatic carbocycles. The molecule has 1 N–H and O–H groups in total. The van der Waals surface area contributed by atoms with E-state index in [4.69, 9.17) is 11.6 Å². The van der Waals surface area contributed by atoms with Gasteiger partial charge in [-0.25, -0.2) is 0 Å². The summed E-state index contributed by atoms with van der Waals surface area (Å²) in [4.78, 5) is 2.51. The van der Waals surface area contributed by atoms with Crippen LogP contribution >= 0.6 is 11.6 Å². The zero-order valence-corrected chi connectivity index (χ0v) is 12.2. The first kappa shape index (κ1) is 13.9. The number of nitrogens with one attached hydrogen (secondary N) is 1. The highest BCUT2D eigenvalue weighted by atomic mass is 35.5. The van der Waals surface area contributed by atoms with Gasteiger partial charge in [-0.15, -0.1) is 0 Å². The molecule has 0 radical (unpaired) electrons. The van der Waals surface area contributed by atoms with Gasteiger partial charge in [-0.3, -0.25) is 4.90 Å². The Hall–Kier alpha value is -0.570. The summed E-state index contributed by atoms with van der Waals surface area (Å²) in [6, 6.07) is 9.39. The van der Waals surface area contributed by atoms with Crippen LogP contribution in [-0.4, -0.2) is 31.6 Å². The van der Waals surface area contributed by atoms with Crippen LogP contribution in [0.15, 0.2) is 24.3 Å². The second kappa shape index (κ2) is 6.05. The Morgan fingerprint density at radius 3 is 2.50 bits per heavy atom. The van der Waals surface area contributed by atoms with E-state index in [9.17, 15) is 0 Å². The maximum atomic E-state index is 5.94. The summed E-state index contributed by atoms with van der Waals surface area (Å²) in [5.74, 6) is 0.801. The van der Waals surface area contributed by atoms with Gasteiger partial charge < -0.3 is 5.32 Å². The minimum Gasteiger partial charge on any atom is -0.319 e. The van der Waals surface area contributed by atoms with Gasteiger partial charge in [0.25, 0.3) is 0 Å². The van der Waals surface area contributed by atoms with Crippen molar-refractivity contribution in [1.82, 2.24) is 10.2 Å². The fraction of sp³-hybridized carbons (Fsp3) is 0.600. The molecule has 0 aliphatic heterocycles. The lowest BCUT2D eigenvalue weighted by Crippen LogP contribution is -2.49. The molecule has 0 heterocycles. The number of hydrogen-bond donors (Lipinski definition) is 1. The summed E-state index contributed by atoms with van der Waals surface area (Å²) in [6.07, 6.45) is 2.67. The van der Waals surface area contributed by atoms with Crippen LogP contribution in [0.3, 0.4) is 0 Å². The smallest absolute Gasteiger partial charge is 0.0406 e. The minimum atomic E-state index is 0.451. The lowest BCUT2D eigenvalue weighted by atomic mass is 9.78. The van der Waals surface area contributed by atoms with E-state index < -0.39 is 0 Å². The number of halogens is 1. The number of rotatable bonds is 5. The van der Waals surface area contributed by atoms with Crippen LogP contribution in [0.25, 0.3) is 0 Å². The molecule has 1 aromatic rings. The molecule has 3 heteroatoms. The van der Waals surface area contributed by atoms with Crippen LogP contribution in [-0.2, 0) is 0 Å². The predicted octanol–water partition coefficient (Wildman–Crippen LogP) is 3.33. The molecule has 2 rings (SSSR count). The number of benzene rings is 1. The highest BCUT2D eigenvalue weighted by Gasteiger charge is 2.35. The maximum absolute atomic E-state index is 5.94. The van der Waals surface area contributed by atoms with E-state index >= 15 is 0 Å². The normalized spacial score (nSPS) is 24.9. The molecule has 18 heavy (non-hydrogen) atoms. The Balaban J connectivity index is 2.00. The molecule has 0 saturated heterocycles. The summed E-state index contributed by atoms with van der Waals surface area (Å²) in [7, 11) is 4.28. The molecule has 0 spiro atoms. The summed E-state index contributed by atoms with van der Waals surface area (Å²) < 4.78 is 0. The van der Waals surface area contributed by atoms with E-state index in [-0.39, 0.29) is 0 Å². The molecule has 0 amide bonds. The second-order valence-electron chi connectivity index (χ2n) is 5.36. The van der Waals surface area contributed by atoms with E-state index in [1.807, 2.05) is 19.2 Å². The fourth-order valence-corrected chi connectivity index (χ4v) is 2.98. The van der Waals surface area contributed by atoms with E-state index in [1.165, 1.54) is 18.4 Å². The molecule has 0 aromatic heterocycles. The van der Waals surface area contributed by atoms with Crippen molar-refractivity contribution in [2.24, 2.45) is 5.92 Å². The molecular weight excluding hydrogens is 244 g/mol. The Labute approximate surface area is 115 Å². The first-order chi connectivity index (χ1) is 8.63. The van der Waals surface area contributed by atoms with Crippen molar-refractivity contribution >= 4 is 11.6 Å². The average Bonchev–Trinajstić information content (AvgIpc) is 2.34. The Morgan fingerprint density at radius 2 is 2.00 bits per heavy atom. The van der Waals surface area contributed by atoms with Crippen LogP contribution in [0, 0.1) is 5.92 Å². The highest BCUT2D eigenvalue weighted by molar-refractivity contribution is 6.30. The van der Waals surface area contributed by atoms with Gasteiger partial charge in [0.2, 0.25) is 0 Å². The molecule has 2 nitrogen and oxygen atoms in total. The summed E-state index contributed by atoms with van der Waals surface area (Å²) in [6.45, 7) is 3.40. The fourth-order valence-electron chi connectivity index (χ4n) is 2.85. The lowest BCUT2D eigenvalue weighted by Gasteiger charge is -2.45. The van der Waals surface area contributed by atoms with Crippen LogP contribution < -0.4 is 5.32 Å². The SMILES string of the molecule is CNCC1CCC1N(C)C(C)c1ccc(Cl)cc1. The maximum Gasteiger partial charge on any atom is 0.0406 e. The predicted molar refractivity (Wildman–Crippen MR) is 78.1 cm³/mol. The van der Waals surface area contributed by atoms with Gasteiger partial charge in [0, 0.05) is 17.1 Å². The molecule has 1 fully saturated rings. The Bertz CT molecular complexity index is 377. The zero-order chi connectivity index (χ0) is 13.1. The van der Waals surface area contributed by atoms with Gasteiger partial charge >= 0.3 is 0 Å². The van der Waals surface area contributed by atoms with Gasteiger partial charge in [-0.1, -0.05) is 23.7 Å². The van der Waals surface area contributed by atoms with E-state index in [0.717, 1.165) is 17.5 Å². The number of nitrogens with zero attached hydrogens (tertiary/aromatic N) is 1. The largest absolute Gasteiger partial charge is 0.319 e. The van der Waals surface area contributed by atoms with E-state index in [1.54, 1.807) is 0 Å². The van der Waals surface area contributed by atoms with E-state index in [0.29, 0.717) is 12.1 Å². The van der Waals surface area contributed by atoms with Crippen LogP contribution in [0.5, 0.6) is 0 Å². The number of hydrogen-bond acceptors (Lipinski definition) is 2. The summed E-state index contributed by atoms with van der Waals surface area (Å²) in [5, 5.41) is 4.11. The van der Waals surface area contributed by atoms with Crippen LogP contribution in [0.2, 0.25) is 5.02 Å². The third-order valence-electron chi connectivity index (χ3n) is 4.33. The van der Waals surface area contributed by atoms with Crippen molar-refractivity contribution in [2.45, 2.75) is 31.8 Å². The molecule has 1 aliphatic rings. The van der Waals surface area contributed by atoms with Crippen molar-refractivity contribution in [1.29, 1.82) is 0 Å².